The quantitative estimate of drug-likeness (QED) is 0.775. The number of rotatable bonds is 6. The van der Waals surface area contributed by atoms with Crippen LogP contribution in [0.3, 0.4) is 0 Å². The molecule has 0 aliphatic carbocycles. The first kappa shape index (κ1) is 15.7. The topological polar surface area (TPSA) is 116 Å². The maximum Gasteiger partial charge on any atom is 0.244 e. The molecule has 0 amide bonds. The second-order valence-electron chi connectivity index (χ2n) is 4.73. The molecule has 9 heteroatoms. The Labute approximate surface area is 123 Å². The van der Waals surface area contributed by atoms with Crippen molar-refractivity contribution in [1.82, 2.24) is 19.5 Å². The highest BCUT2D eigenvalue weighted by molar-refractivity contribution is 7.89. The Morgan fingerprint density at radius 3 is 2.67 bits per heavy atom. The molecule has 0 aromatic carbocycles. The molecular formula is C12H19N5O3S. The summed E-state index contributed by atoms with van der Waals surface area (Å²) in [6.45, 7) is 3.66. The molecule has 21 heavy (non-hydrogen) atoms. The summed E-state index contributed by atoms with van der Waals surface area (Å²) in [5.74, 6) is 1.58. The van der Waals surface area contributed by atoms with E-state index in [4.69, 9.17) is 10.2 Å². The van der Waals surface area contributed by atoms with Crippen molar-refractivity contribution < 1.29 is 12.8 Å². The number of hydrogen-bond acceptors (Lipinski definition) is 6. The van der Waals surface area contributed by atoms with Gasteiger partial charge in [0.05, 0.1) is 0 Å². The Balaban J connectivity index is 2.14. The lowest BCUT2D eigenvalue weighted by Gasteiger charge is -2.07. The number of aryl methyl sites for hydroxylation is 3. The molecule has 0 spiro atoms. The van der Waals surface area contributed by atoms with Crippen LogP contribution in [0.5, 0.6) is 0 Å². The maximum absolute atomic E-state index is 12.4. The van der Waals surface area contributed by atoms with Gasteiger partial charge in [-0.05, 0) is 13.8 Å². The first-order chi connectivity index (χ1) is 9.86. The average Bonchev–Trinajstić information content (AvgIpc) is 2.93. The molecule has 2 rings (SSSR count). The van der Waals surface area contributed by atoms with Crippen molar-refractivity contribution in [1.29, 1.82) is 0 Å². The lowest BCUT2D eigenvalue weighted by Crippen LogP contribution is -2.28. The summed E-state index contributed by atoms with van der Waals surface area (Å²) in [4.78, 5) is 0.139. The van der Waals surface area contributed by atoms with E-state index < -0.39 is 10.0 Å². The predicted molar refractivity (Wildman–Crippen MR) is 76.0 cm³/mol. The molecule has 116 valence electrons. The van der Waals surface area contributed by atoms with Gasteiger partial charge in [-0.1, -0.05) is 0 Å². The van der Waals surface area contributed by atoms with Gasteiger partial charge in [-0.2, -0.15) is 0 Å². The molecule has 0 atom stereocenters. The van der Waals surface area contributed by atoms with Crippen LogP contribution in [-0.2, 0) is 30.0 Å². The monoisotopic (exact) mass is 313 g/mol. The number of nitrogens with two attached hydrogens (primary N) is 1. The van der Waals surface area contributed by atoms with E-state index in [2.05, 4.69) is 14.9 Å². The van der Waals surface area contributed by atoms with Crippen molar-refractivity contribution in [2.24, 2.45) is 12.8 Å². The summed E-state index contributed by atoms with van der Waals surface area (Å²) >= 11 is 0. The summed E-state index contributed by atoms with van der Waals surface area (Å²) in [7, 11) is -1.85. The number of nitrogens with one attached hydrogen (secondary N) is 1. The highest BCUT2D eigenvalue weighted by Gasteiger charge is 2.25. The van der Waals surface area contributed by atoms with Crippen LogP contribution in [-0.4, -0.2) is 29.7 Å². The second-order valence-corrected chi connectivity index (χ2v) is 6.44. The van der Waals surface area contributed by atoms with Crippen molar-refractivity contribution in [3.63, 3.8) is 0 Å². The highest BCUT2D eigenvalue weighted by atomic mass is 32.2. The van der Waals surface area contributed by atoms with E-state index in [9.17, 15) is 8.42 Å². The van der Waals surface area contributed by atoms with Crippen LogP contribution < -0.4 is 10.5 Å². The van der Waals surface area contributed by atoms with Crippen molar-refractivity contribution in [2.45, 2.75) is 31.7 Å². The van der Waals surface area contributed by atoms with E-state index >= 15 is 0 Å². The first-order valence-electron chi connectivity index (χ1n) is 6.48. The first-order valence-corrected chi connectivity index (χ1v) is 7.96. The predicted octanol–water partition coefficient (Wildman–Crippen LogP) is 0.00464. The molecular weight excluding hydrogens is 294 g/mol. The second kappa shape index (κ2) is 5.96. The van der Waals surface area contributed by atoms with Crippen LogP contribution >= 0.6 is 0 Å². The van der Waals surface area contributed by atoms with Gasteiger partial charge in [0.2, 0.25) is 10.0 Å². The van der Waals surface area contributed by atoms with Crippen molar-refractivity contribution >= 4 is 10.0 Å². The van der Waals surface area contributed by atoms with Crippen molar-refractivity contribution in [3.05, 3.63) is 29.2 Å². The number of aromatic nitrogens is 3. The molecule has 0 saturated heterocycles. The third kappa shape index (κ3) is 3.14. The molecule has 2 heterocycles. The molecule has 0 fully saturated rings. The summed E-state index contributed by atoms with van der Waals surface area (Å²) in [6, 6.07) is 0. The summed E-state index contributed by atoms with van der Waals surface area (Å²) in [5, 5.41) is 7.65. The molecule has 0 saturated carbocycles. The zero-order valence-electron chi connectivity index (χ0n) is 12.3. The Kier molecular flexibility index (Phi) is 4.45. The normalized spacial score (nSPS) is 12.0. The average molecular weight is 313 g/mol. The lowest BCUT2D eigenvalue weighted by molar-refractivity contribution is 0.494. The fourth-order valence-corrected chi connectivity index (χ4v) is 3.69. The van der Waals surface area contributed by atoms with Gasteiger partial charge in [-0.25, -0.2) is 13.1 Å². The molecule has 0 radical (unpaired) electrons. The van der Waals surface area contributed by atoms with E-state index in [1.54, 1.807) is 31.8 Å². The molecule has 3 N–H and O–H groups in total. The van der Waals surface area contributed by atoms with E-state index in [1.807, 2.05) is 0 Å². The molecule has 2 aromatic rings. The van der Waals surface area contributed by atoms with Gasteiger partial charge in [-0.15, -0.1) is 10.2 Å². The van der Waals surface area contributed by atoms with Crippen LogP contribution in [0.2, 0.25) is 0 Å². The number of sulfonamides is 1. The van der Waals surface area contributed by atoms with Crippen LogP contribution in [0.15, 0.2) is 15.6 Å². The van der Waals surface area contributed by atoms with E-state index in [1.165, 1.54) is 0 Å². The fourth-order valence-electron chi connectivity index (χ4n) is 2.20. The Morgan fingerprint density at radius 2 is 2.10 bits per heavy atom. The van der Waals surface area contributed by atoms with Gasteiger partial charge in [0.15, 0.2) is 0 Å². The molecule has 0 aliphatic heterocycles. The van der Waals surface area contributed by atoms with Gasteiger partial charge >= 0.3 is 0 Å². The third-order valence-corrected chi connectivity index (χ3v) is 4.90. The molecule has 8 nitrogen and oxygen atoms in total. The van der Waals surface area contributed by atoms with Crippen molar-refractivity contribution in [2.75, 3.05) is 6.54 Å². The van der Waals surface area contributed by atoms with Crippen LogP contribution in [0.25, 0.3) is 0 Å². The van der Waals surface area contributed by atoms with Gasteiger partial charge in [0, 0.05) is 32.1 Å². The van der Waals surface area contributed by atoms with E-state index in [-0.39, 0.29) is 18.0 Å². The summed E-state index contributed by atoms with van der Waals surface area (Å²) in [6.07, 6.45) is 2.02. The summed E-state index contributed by atoms with van der Waals surface area (Å²) < 4.78 is 34.4. The Hall–Kier alpha value is -1.71. The molecule has 0 aliphatic rings. The zero-order chi connectivity index (χ0) is 15.6. The summed E-state index contributed by atoms with van der Waals surface area (Å²) in [5.41, 5.74) is 6.13. The maximum atomic E-state index is 12.4. The molecule has 0 unspecified atom stereocenters. The number of nitrogens with zero attached hydrogens (tertiary/aromatic N) is 3. The minimum Gasteiger partial charge on any atom is -0.465 e. The Bertz CT molecular complexity index is 732. The minimum absolute atomic E-state index is 0.114. The lowest BCUT2D eigenvalue weighted by atomic mass is 10.2. The highest BCUT2D eigenvalue weighted by Crippen LogP contribution is 2.25. The van der Waals surface area contributed by atoms with Crippen LogP contribution in [0.1, 0.15) is 22.9 Å². The fraction of sp³-hybridized carbons (Fsp3) is 0.500. The SMILES string of the molecule is Cc1oc(C)c(S(=O)(=O)NCCc2nncn2C)c1CN. The van der Waals surface area contributed by atoms with Gasteiger partial charge in [-0.3, -0.25) is 0 Å². The van der Waals surface area contributed by atoms with Crippen molar-refractivity contribution in [3.8, 4) is 0 Å². The largest absolute Gasteiger partial charge is 0.465 e. The molecule has 0 bridgehead atoms. The standard InChI is InChI=1S/C12H19N5O3S/c1-8-10(6-13)12(9(2)20-8)21(18,19)15-5-4-11-16-14-7-17(11)3/h7,15H,4-6,13H2,1-3H3. The van der Waals surface area contributed by atoms with Crippen LogP contribution in [0, 0.1) is 13.8 Å². The van der Waals surface area contributed by atoms with E-state index in [0.29, 0.717) is 29.3 Å². The van der Waals surface area contributed by atoms with Gasteiger partial charge in [0.25, 0.3) is 0 Å². The minimum atomic E-state index is -3.66. The molecule has 2 aromatic heterocycles. The van der Waals surface area contributed by atoms with E-state index in [0.717, 1.165) is 0 Å². The third-order valence-electron chi connectivity index (χ3n) is 3.24. The number of furan rings is 1. The van der Waals surface area contributed by atoms with Gasteiger partial charge < -0.3 is 14.7 Å². The smallest absolute Gasteiger partial charge is 0.244 e. The van der Waals surface area contributed by atoms with Gasteiger partial charge in [0.1, 0.15) is 28.6 Å². The zero-order valence-corrected chi connectivity index (χ0v) is 13.1. The Morgan fingerprint density at radius 1 is 1.38 bits per heavy atom. The number of hydrogen-bond donors (Lipinski definition) is 2. The van der Waals surface area contributed by atoms with Crippen LogP contribution in [0.4, 0.5) is 0 Å².